The first kappa shape index (κ1) is 17.5. The number of ether oxygens (including phenoxy) is 2. The van der Waals surface area contributed by atoms with Crippen molar-refractivity contribution < 1.29 is 28.3 Å². The van der Waals surface area contributed by atoms with Crippen molar-refractivity contribution in [3.63, 3.8) is 0 Å². The SMILES string of the molecule is [C-]#CC(CCCCC)OC(C)OCC.[Li+]. The van der Waals surface area contributed by atoms with Crippen LogP contribution >= 0.6 is 0 Å². The molecule has 0 radical (unpaired) electrons. The number of unbranched alkanes of at least 4 members (excludes halogenated alkanes) is 2. The van der Waals surface area contributed by atoms with Crippen LogP contribution in [0.1, 0.15) is 46.5 Å². The maximum atomic E-state index is 7.09. The Labute approximate surface area is 106 Å². The van der Waals surface area contributed by atoms with Gasteiger partial charge in [0.05, 0.1) is 6.10 Å². The summed E-state index contributed by atoms with van der Waals surface area (Å²) in [5.74, 6) is 2.40. The topological polar surface area (TPSA) is 18.5 Å². The smallest absolute Gasteiger partial charge is 0.691 e. The van der Waals surface area contributed by atoms with E-state index in [1.54, 1.807) is 0 Å². The fourth-order valence-corrected chi connectivity index (χ4v) is 1.26. The van der Waals surface area contributed by atoms with Crippen LogP contribution in [0.4, 0.5) is 0 Å². The number of hydrogen-bond donors (Lipinski definition) is 0. The van der Waals surface area contributed by atoms with Crippen molar-refractivity contribution >= 4 is 0 Å². The van der Waals surface area contributed by atoms with Crippen molar-refractivity contribution in [2.24, 2.45) is 0 Å². The molecular formula is C12H21LiO2. The second kappa shape index (κ2) is 12.1. The first-order chi connectivity index (χ1) is 6.74. The molecule has 0 rings (SSSR count). The molecule has 15 heavy (non-hydrogen) atoms. The van der Waals surface area contributed by atoms with Crippen LogP contribution in [0.25, 0.3) is 0 Å². The second-order valence-corrected chi connectivity index (χ2v) is 3.29. The number of hydrogen-bond acceptors (Lipinski definition) is 2. The van der Waals surface area contributed by atoms with Gasteiger partial charge in [-0.05, 0) is 26.7 Å². The summed E-state index contributed by atoms with van der Waals surface area (Å²) in [7, 11) is 0. The van der Waals surface area contributed by atoms with E-state index in [9.17, 15) is 0 Å². The van der Waals surface area contributed by atoms with Crippen LogP contribution in [0.15, 0.2) is 0 Å². The predicted molar refractivity (Wildman–Crippen MR) is 57.2 cm³/mol. The van der Waals surface area contributed by atoms with Crippen molar-refractivity contribution in [1.29, 1.82) is 0 Å². The van der Waals surface area contributed by atoms with E-state index in [0.717, 1.165) is 12.8 Å². The van der Waals surface area contributed by atoms with Crippen LogP contribution in [-0.4, -0.2) is 19.0 Å². The molecule has 82 valence electrons. The van der Waals surface area contributed by atoms with E-state index in [-0.39, 0.29) is 31.3 Å². The van der Waals surface area contributed by atoms with Gasteiger partial charge >= 0.3 is 18.9 Å². The van der Waals surface area contributed by atoms with E-state index < -0.39 is 0 Å². The molecule has 0 fully saturated rings. The fourth-order valence-electron chi connectivity index (χ4n) is 1.26. The van der Waals surface area contributed by atoms with Crippen molar-refractivity contribution in [3.8, 4) is 5.92 Å². The maximum absolute atomic E-state index is 7.09. The van der Waals surface area contributed by atoms with E-state index >= 15 is 0 Å². The molecule has 3 heteroatoms. The Hall–Kier alpha value is 0.0774. The Morgan fingerprint density at radius 3 is 2.40 bits per heavy atom. The van der Waals surface area contributed by atoms with Gasteiger partial charge in [0.25, 0.3) is 0 Å². The third-order valence-electron chi connectivity index (χ3n) is 1.99. The van der Waals surface area contributed by atoms with E-state index in [1.807, 2.05) is 13.8 Å². The first-order valence-corrected chi connectivity index (χ1v) is 5.43. The molecule has 0 amide bonds. The van der Waals surface area contributed by atoms with Gasteiger partial charge in [-0.15, -0.1) is 0 Å². The van der Waals surface area contributed by atoms with E-state index in [4.69, 9.17) is 15.9 Å². The van der Waals surface area contributed by atoms with Gasteiger partial charge in [0.15, 0.2) is 6.29 Å². The van der Waals surface area contributed by atoms with Crippen molar-refractivity contribution in [3.05, 3.63) is 6.42 Å². The normalized spacial score (nSPS) is 13.7. The van der Waals surface area contributed by atoms with Gasteiger partial charge in [0.1, 0.15) is 0 Å². The Balaban J connectivity index is 0. The molecule has 0 aliphatic carbocycles. The zero-order chi connectivity index (χ0) is 10.8. The van der Waals surface area contributed by atoms with Gasteiger partial charge in [0.2, 0.25) is 0 Å². The van der Waals surface area contributed by atoms with Crippen molar-refractivity contribution in [1.82, 2.24) is 0 Å². The molecule has 0 aromatic rings. The standard InChI is InChI=1S/C12H21O2.Li/c1-5-8-9-10-12(6-2)14-11(4)13-7-3;/h11-12H,5,7-10H2,1,3-4H3;/q-1;+1. The average molecular weight is 204 g/mol. The largest absolute Gasteiger partial charge is 1.00 e. The zero-order valence-corrected chi connectivity index (χ0v) is 10.5. The molecule has 0 saturated heterocycles. The van der Waals surface area contributed by atoms with E-state index in [1.165, 1.54) is 12.8 Å². The van der Waals surface area contributed by atoms with Crippen LogP contribution in [0, 0.1) is 12.3 Å². The Bertz CT molecular complexity index is 165. The van der Waals surface area contributed by atoms with Crippen LogP contribution in [-0.2, 0) is 9.47 Å². The van der Waals surface area contributed by atoms with Gasteiger partial charge in [-0.1, -0.05) is 19.8 Å². The third-order valence-corrected chi connectivity index (χ3v) is 1.99. The molecule has 2 unspecified atom stereocenters. The van der Waals surface area contributed by atoms with E-state index in [2.05, 4.69) is 12.8 Å². The monoisotopic (exact) mass is 204 g/mol. The second-order valence-electron chi connectivity index (χ2n) is 3.29. The van der Waals surface area contributed by atoms with Crippen LogP contribution in [0.3, 0.4) is 0 Å². The van der Waals surface area contributed by atoms with Crippen LogP contribution < -0.4 is 18.9 Å². The summed E-state index contributed by atoms with van der Waals surface area (Å²) in [6.45, 7) is 6.58. The summed E-state index contributed by atoms with van der Waals surface area (Å²) in [5.41, 5.74) is 0. The zero-order valence-electron chi connectivity index (χ0n) is 10.5. The molecule has 2 nitrogen and oxygen atoms in total. The van der Waals surface area contributed by atoms with Gasteiger partial charge < -0.3 is 21.8 Å². The molecular weight excluding hydrogens is 183 g/mol. The quantitative estimate of drug-likeness (QED) is 0.181. The van der Waals surface area contributed by atoms with Gasteiger partial charge in [-0.25, -0.2) is 0 Å². The van der Waals surface area contributed by atoms with Gasteiger partial charge in [-0.3, -0.25) is 0 Å². The van der Waals surface area contributed by atoms with Gasteiger partial charge in [0, 0.05) is 6.61 Å². The minimum absolute atomic E-state index is 0. The minimum Gasteiger partial charge on any atom is -0.691 e. The molecule has 0 bridgehead atoms. The maximum Gasteiger partial charge on any atom is 1.00 e. The molecule has 0 saturated carbocycles. The molecule has 0 aromatic carbocycles. The summed E-state index contributed by atoms with van der Waals surface area (Å²) < 4.78 is 10.7. The third kappa shape index (κ3) is 10.4. The van der Waals surface area contributed by atoms with Crippen LogP contribution in [0.5, 0.6) is 0 Å². The summed E-state index contributed by atoms with van der Waals surface area (Å²) >= 11 is 0. The Kier molecular flexibility index (Phi) is 14.2. The molecule has 2 atom stereocenters. The summed E-state index contributed by atoms with van der Waals surface area (Å²) in [6.07, 6.45) is 11.0. The predicted octanol–water partition coefficient (Wildman–Crippen LogP) is -0.0718. The minimum atomic E-state index is -0.232. The molecule has 0 heterocycles. The average Bonchev–Trinajstić information content (AvgIpc) is 2.17. The molecule has 0 aliphatic heterocycles. The van der Waals surface area contributed by atoms with Gasteiger partial charge in [-0.2, -0.15) is 0 Å². The van der Waals surface area contributed by atoms with E-state index in [0.29, 0.717) is 6.61 Å². The van der Waals surface area contributed by atoms with Crippen molar-refractivity contribution in [2.45, 2.75) is 58.8 Å². The summed E-state index contributed by atoms with van der Waals surface area (Å²) in [4.78, 5) is 0. The summed E-state index contributed by atoms with van der Waals surface area (Å²) in [6, 6.07) is 0. The van der Waals surface area contributed by atoms with Crippen molar-refractivity contribution in [2.75, 3.05) is 6.61 Å². The summed E-state index contributed by atoms with van der Waals surface area (Å²) in [5, 5.41) is 0. The first-order valence-electron chi connectivity index (χ1n) is 5.43. The molecule has 0 aromatic heterocycles. The Morgan fingerprint density at radius 2 is 1.93 bits per heavy atom. The number of rotatable bonds is 8. The molecule has 0 spiro atoms. The molecule has 0 N–H and O–H groups in total. The Morgan fingerprint density at radius 1 is 1.27 bits per heavy atom. The fraction of sp³-hybridized carbons (Fsp3) is 0.833. The van der Waals surface area contributed by atoms with Crippen LogP contribution in [0.2, 0.25) is 0 Å². The molecule has 0 aliphatic rings.